The molecule has 0 atom stereocenters. The molecule has 138 valence electrons. The van der Waals surface area contributed by atoms with E-state index < -0.39 is 6.61 Å². The van der Waals surface area contributed by atoms with E-state index in [1.165, 1.54) is 50.5 Å². The molecule has 2 fully saturated rings. The first-order valence-electron chi connectivity index (χ1n) is 9.46. The van der Waals surface area contributed by atoms with Crippen molar-refractivity contribution in [3.8, 4) is 5.75 Å². The van der Waals surface area contributed by atoms with Crippen molar-refractivity contribution < 1.29 is 13.5 Å². The molecule has 2 aliphatic rings. The van der Waals surface area contributed by atoms with Crippen LogP contribution in [0.5, 0.6) is 5.75 Å². The molecule has 1 aromatic rings. The van der Waals surface area contributed by atoms with Gasteiger partial charge in [0.2, 0.25) is 0 Å². The van der Waals surface area contributed by atoms with Gasteiger partial charge in [0.25, 0.3) is 0 Å². The van der Waals surface area contributed by atoms with E-state index in [9.17, 15) is 8.78 Å². The van der Waals surface area contributed by atoms with Crippen molar-refractivity contribution in [1.29, 1.82) is 0 Å². The van der Waals surface area contributed by atoms with E-state index in [4.69, 9.17) is 0 Å². The first kappa shape index (κ1) is 18.9. The zero-order valence-electron chi connectivity index (χ0n) is 14.6. The number of ether oxygens (including phenoxy) is 1. The second-order valence-corrected chi connectivity index (χ2v) is 8.12. The summed E-state index contributed by atoms with van der Waals surface area (Å²) in [6, 6.07) is 7.23. The summed E-state index contributed by atoms with van der Waals surface area (Å²) in [5.74, 6) is 2.01. The Balaban J connectivity index is 1.70. The molecule has 4 heteroatoms. The van der Waals surface area contributed by atoms with Crippen LogP contribution in [0.2, 0.25) is 0 Å². The quantitative estimate of drug-likeness (QED) is 0.496. The van der Waals surface area contributed by atoms with Gasteiger partial charge in [0, 0.05) is 5.41 Å². The van der Waals surface area contributed by atoms with E-state index in [2.05, 4.69) is 26.7 Å². The number of hydrogen-bond donors (Lipinski definition) is 0. The second kappa shape index (κ2) is 8.66. The molecule has 1 nitrogen and oxygen atoms in total. The largest absolute Gasteiger partial charge is 0.435 e. The van der Waals surface area contributed by atoms with Gasteiger partial charge in [-0.15, -0.1) is 0 Å². The fourth-order valence-electron chi connectivity index (χ4n) is 4.87. The highest BCUT2D eigenvalue weighted by atomic mass is 79.9. The molecule has 0 bridgehead atoms. The zero-order chi connectivity index (χ0) is 17.7. The standard InChI is InChI=1S/C21H27BrF2O/c22-15-14-21(18-6-8-19(9-7-18)25-20(23)24)12-10-17(11-13-21)16-4-2-1-3-5-16/h6-9,14-17,20H,1-5,10-13H2/b15-14+/t17-,21-. The third kappa shape index (κ3) is 4.64. The molecular weight excluding hydrogens is 386 g/mol. The van der Waals surface area contributed by atoms with Crippen LogP contribution in [0.4, 0.5) is 8.78 Å². The SMILES string of the molecule is FC(F)Oc1ccc([C@]2(/C=C/Br)CC[C@@H](C3CCCCC3)CC2)cc1. The molecule has 2 saturated carbocycles. The van der Waals surface area contributed by atoms with Gasteiger partial charge in [0.15, 0.2) is 0 Å². The topological polar surface area (TPSA) is 9.23 Å². The lowest BCUT2D eigenvalue weighted by molar-refractivity contribution is -0.0498. The molecule has 0 amide bonds. The van der Waals surface area contributed by atoms with Crippen LogP contribution in [0.3, 0.4) is 0 Å². The summed E-state index contributed by atoms with van der Waals surface area (Å²) in [5.41, 5.74) is 1.21. The highest BCUT2D eigenvalue weighted by molar-refractivity contribution is 9.11. The van der Waals surface area contributed by atoms with Crippen molar-refractivity contribution in [3.63, 3.8) is 0 Å². The van der Waals surface area contributed by atoms with E-state index in [0.29, 0.717) is 0 Å². The maximum Gasteiger partial charge on any atom is 0.387 e. The molecule has 25 heavy (non-hydrogen) atoms. The normalized spacial score (nSPS) is 28.6. The summed E-state index contributed by atoms with van der Waals surface area (Å²) in [4.78, 5) is 1.96. The van der Waals surface area contributed by atoms with E-state index in [0.717, 1.165) is 24.7 Å². The first-order chi connectivity index (χ1) is 12.1. The van der Waals surface area contributed by atoms with E-state index >= 15 is 0 Å². The lowest BCUT2D eigenvalue weighted by atomic mass is 9.63. The molecule has 2 aliphatic carbocycles. The number of allylic oxidation sites excluding steroid dienone is 1. The van der Waals surface area contributed by atoms with Gasteiger partial charge in [-0.2, -0.15) is 8.78 Å². The van der Waals surface area contributed by atoms with Crippen LogP contribution in [-0.2, 0) is 5.41 Å². The van der Waals surface area contributed by atoms with Crippen LogP contribution in [0.1, 0.15) is 63.4 Å². The summed E-state index contributed by atoms with van der Waals surface area (Å²) in [6.45, 7) is -2.77. The average Bonchev–Trinajstić information content (AvgIpc) is 2.63. The van der Waals surface area contributed by atoms with Gasteiger partial charge in [-0.25, -0.2) is 0 Å². The molecular formula is C21H27BrF2O. The van der Waals surface area contributed by atoms with E-state index in [-0.39, 0.29) is 11.2 Å². The third-order valence-electron chi connectivity index (χ3n) is 6.28. The van der Waals surface area contributed by atoms with Crippen molar-refractivity contribution in [3.05, 3.63) is 40.9 Å². The fraction of sp³-hybridized carbons (Fsp3) is 0.619. The summed E-state index contributed by atoms with van der Waals surface area (Å²) in [7, 11) is 0. The van der Waals surface area contributed by atoms with Crippen LogP contribution >= 0.6 is 15.9 Å². The molecule has 0 aliphatic heterocycles. The predicted octanol–water partition coefficient (Wildman–Crippen LogP) is 7.20. The maximum absolute atomic E-state index is 12.4. The van der Waals surface area contributed by atoms with Crippen molar-refractivity contribution in [2.24, 2.45) is 11.8 Å². The van der Waals surface area contributed by atoms with Crippen LogP contribution in [0.25, 0.3) is 0 Å². The summed E-state index contributed by atoms with van der Waals surface area (Å²) >= 11 is 3.45. The third-order valence-corrected chi connectivity index (χ3v) is 6.54. The molecule has 0 unspecified atom stereocenters. The van der Waals surface area contributed by atoms with E-state index in [1.54, 1.807) is 12.1 Å². The second-order valence-electron chi connectivity index (χ2n) is 7.59. The van der Waals surface area contributed by atoms with Crippen LogP contribution < -0.4 is 4.74 Å². The van der Waals surface area contributed by atoms with Crippen molar-refractivity contribution in [2.45, 2.75) is 69.8 Å². The molecule has 0 spiro atoms. The van der Waals surface area contributed by atoms with Gasteiger partial charge in [-0.1, -0.05) is 66.2 Å². The first-order valence-corrected chi connectivity index (χ1v) is 10.4. The Labute approximate surface area is 158 Å². The number of rotatable bonds is 5. The summed E-state index contributed by atoms with van der Waals surface area (Å²) in [5, 5.41) is 0. The van der Waals surface area contributed by atoms with Crippen molar-refractivity contribution in [2.75, 3.05) is 0 Å². The molecule has 0 saturated heterocycles. The average molecular weight is 413 g/mol. The number of benzene rings is 1. The van der Waals surface area contributed by atoms with Crippen molar-refractivity contribution >= 4 is 15.9 Å². The van der Waals surface area contributed by atoms with Crippen LogP contribution in [-0.4, -0.2) is 6.61 Å². The van der Waals surface area contributed by atoms with E-state index in [1.807, 2.05) is 17.1 Å². The minimum atomic E-state index is -2.77. The highest BCUT2D eigenvalue weighted by Gasteiger charge is 2.37. The van der Waals surface area contributed by atoms with Crippen LogP contribution in [0, 0.1) is 11.8 Å². The number of hydrogen-bond acceptors (Lipinski definition) is 1. The summed E-state index contributed by atoms with van der Waals surface area (Å²) < 4.78 is 29.2. The van der Waals surface area contributed by atoms with Gasteiger partial charge in [-0.3, -0.25) is 0 Å². The Morgan fingerprint density at radius 2 is 1.56 bits per heavy atom. The highest BCUT2D eigenvalue weighted by Crippen LogP contribution is 2.47. The Bertz CT molecular complexity index is 556. The molecule has 0 heterocycles. The fourth-order valence-corrected chi connectivity index (χ4v) is 5.38. The number of alkyl halides is 2. The molecule has 0 aromatic heterocycles. The van der Waals surface area contributed by atoms with Gasteiger partial charge >= 0.3 is 6.61 Å². The number of halogens is 3. The molecule has 0 radical (unpaired) electrons. The lowest BCUT2D eigenvalue weighted by Gasteiger charge is -2.42. The minimum absolute atomic E-state index is 0.0119. The Hall–Kier alpha value is -0.900. The zero-order valence-corrected chi connectivity index (χ0v) is 16.2. The van der Waals surface area contributed by atoms with Gasteiger partial charge in [-0.05, 0) is 60.2 Å². The molecule has 1 aromatic carbocycles. The maximum atomic E-state index is 12.4. The lowest BCUT2D eigenvalue weighted by Crippen LogP contribution is -2.33. The van der Waals surface area contributed by atoms with Gasteiger partial charge in [0.1, 0.15) is 5.75 Å². The minimum Gasteiger partial charge on any atom is -0.435 e. The van der Waals surface area contributed by atoms with Crippen LogP contribution in [0.15, 0.2) is 35.3 Å². The van der Waals surface area contributed by atoms with Gasteiger partial charge < -0.3 is 4.74 Å². The smallest absolute Gasteiger partial charge is 0.387 e. The monoisotopic (exact) mass is 412 g/mol. The summed E-state index contributed by atoms with van der Waals surface area (Å²) in [6.07, 6.45) is 14.1. The predicted molar refractivity (Wildman–Crippen MR) is 101 cm³/mol. The van der Waals surface area contributed by atoms with Crippen molar-refractivity contribution in [1.82, 2.24) is 0 Å². The molecule has 3 rings (SSSR count). The Morgan fingerprint density at radius 1 is 0.960 bits per heavy atom. The Kier molecular flexibility index (Phi) is 6.54. The molecule has 0 N–H and O–H groups in total. The Morgan fingerprint density at radius 3 is 2.12 bits per heavy atom. The van der Waals surface area contributed by atoms with Gasteiger partial charge in [0.05, 0.1) is 0 Å².